The van der Waals surface area contributed by atoms with Crippen LogP contribution in [-0.4, -0.2) is 53.5 Å². The molecule has 1 aliphatic heterocycles. The highest BCUT2D eigenvalue weighted by molar-refractivity contribution is 4.80. The Balaban J connectivity index is 2.30. The van der Waals surface area contributed by atoms with Gasteiger partial charge in [-0.1, -0.05) is 0 Å². The van der Waals surface area contributed by atoms with Crippen LogP contribution in [0.25, 0.3) is 0 Å². The molecule has 4 N–H and O–H groups in total. The third kappa shape index (κ3) is 2.42. The van der Waals surface area contributed by atoms with Crippen molar-refractivity contribution in [3.8, 4) is 0 Å². The number of likely N-dealkylation sites (tertiary alicyclic amines) is 1. The van der Waals surface area contributed by atoms with Gasteiger partial charge in [-0.3, -0.25) is 4.90 Å². The second kappa shape index (κ2) is 4.77. The number of aliphatic hydroxyl groups excluding tert-OH is 2. The molecule has 1 fully saturated rings. The van der Waals surface area contributed by atoms with E-state index in [1.165, 1.54) is 0 Å². The highest BCUT2D eigenvalue weighted by Crippen LogP contribution is 2.15. The van der Waals surface area contributed by atoms with Gasteiger partial charge in [-0.25, -0.2) is 0 Å². The molecular weight excluding hydrogens is 156 g/mol. The largest absolute Gasteiger partial charge is 0.395 e. The van der Waals surface area contributed by atoms with E-state index in [0.717, 1.165) is 19.4 Å². The Labute approximate surface area is 73.0 Å². The monoisotopic (exact) mass is 174 g/mol. The van der Waals surface area contributed by atoms with Gasteiger partial charge in [0.25, 0.3) is 0 Å². The predicted octanol–water partition coefficient (Wildman–Crippen LogP) is -1.24. The summed E-state index contributed by atoms with van der Waals surface area (Å²) in [5.41, 5.74) is 5.60. The van der Waals surface area contributed by atoms with Crippen molar-refractivity contribution in [1.29, 1.82) is 0 Å². The number of nitrogens with zero attached hydrogens (tertiary/aromatic N) is 1. The first-order valence-electron chi connectivity index (χ1n) is 4.49. The molecule has 0 aromatic carbocycles. The van der Waals surface area contributed by atoms with Gasteiger partial charge >= 0.3 is 0 Å². The molecule has 4 heteroatoms. The fourth-order valence-corrected chi connectivity index (χ4v) is 1.70. The summed E-state index contributed by atoms with van der Waals surface area (Å²) in [7, 11) is 0. The third-order valence-corrected chi connectivity index (χ3v) is 2.41. The van der Waals surface area contributed by atoms with E-state index in [2.05, 4.69) is 4.90 Å². The molecule has 1 rings (SSSR count). The van der Waals surface area contributed by atoms with Gasteiger partial charge in [-0.05, 0) is 19.4 Å². The first kappa shape index (κ1) is 9.92. The van der Waals surface area contributed by atoms with Crippen LogP contribution in [0.3, 0.4) is 0 Å². The van der Waals surface area contributed by atoms with Crippen molar-refractivity contribution in [3.63, 3.8) is 0 Å². The number of rotatable bonds is 4. The first-order valence-corrected chi connectivity index (χ1v) is 4.49. The topological polar surface area (TPSA) is 69.7 Å². The lowest BCUT2D eigenvalue weighted by molar-refractivity contribution is 0.139. The molecule has 1 heterocycles. The smallest absolute Gasteiger partial charge is 0.0595 e. The predicted molar refractivity (Wildman–Crippen MR) is 46.7 cm³/mol. The molecular formula is C8H18N2O2. The van der Waals surface area contributed by atoms with Crippen LogP contribution in [0.4, 0.5) is 0 Å². The van der Waals surface area contributed by atoms with E-state index in [1.54, 1.807) is 0 Å². The summed E-state index contributed by atoms with van der Waals surface area (Å²) < 4.78 is 0. The van der Waals surface area contributed by atoms with Crippen LogP contribution in [0.5, 0.6) is 0 Å². The van der Waals surface area contributed by atoms with Gasteiger partial charge in [0.1, 0.15) is 0 Å². The molecule has 0 spiro atoms. The van der Waals surface area contributed by atoms with Crippen molar-refractivity contribution in [2.45, 2.75) is 24.9 Å². The van der Waals surface area contributed by atoms with E-state index in [9.17, 15) is 0 Å². The molecule has 0 bridgehead atoms. The van der Waals surface area contributed by atoms with E-state index in [-0.39, 0.29) is 25.3 Å². The number of aliphatic hydroxyl groups is 2. The zero-order chi connectivity index (χ0) is 8.97. The molecule has 0 radical (unpaired) electrons. The van der Waals surface area contributed by atoms with E-state index < -0.39 is 0 Å². The van der Waals surface area contributed by atoms with Crippen molar-refractivity contribution in [1.82, 2.24) is 4.90 Å². The molecule has 2 atom stereocenters. The van der Waals surface area contributed by atoms with Gasteiger partial charge in [-0.2, -0.15) is 0 Å². The second-order valence-electron chi connectivity index (χ2n) is 3.42. The maximum Gasteiger partial charge on any atom is 0.0595 e. The summed E-state index contributed by atoms with van der Waals surface area (Å²) in [6.07, 6.45) is 2.18. The highest BCUT2D eigenvalue weighted by atomic mass is 16.3. The molecule has 72 valence electrons. The average molecular weight is 174 g/mol. The molecule has 0 unspecified atom stereocenters. The molecule has 1 saturated heterocycles. The Morgan fingerprint density at radius 2 is 2.25 bits per heavy atom. The molecule has 0 aromatic rings. The Hall–Kier alpha value is -0.160. The summed E-state index contributed by atoms with van der Waals surface area (Å²) in [5, 5.41) is 17.7. The number of hydrogen-bond donors (Lipinski definition) is 3. The minimum absolute atomic E-state index is 0.0225. The van der Waals surface area contributed by atoms with Crippen LogP contribution >= 0.6 is 0 Å². The Morgan fingerprint density at radius 3 is 2.83 bits per heavy atom. The van der Waals surface area contributed by atoms with Gasteiger partial charge in [0.05, 0.1) is 13.2 Å². The van der Waals surface area contributed by atoms with Crippen LogP contribution in [0.1, 0.15) is 12.8 Å². The fraction of sp³-hybridized carbons (Fsp3) is 1.00. The van der Waals surface area contributed by atoms with E-state index in [4.69, 9.17) is 15.9 Å². The maximum absolute atomic E-state index is 8.98. The second-order valence-corrected chi connectivity index (χ2v) is 3.42. The van der Waals surface area contributed by atoms with Crippen molar-refractivity contribution < 1.29 is 10.2 Å². The fourth-order valence-electron chi connectivity index (χ4n) is 1.70. The average Bonchev–Trinajstić information content (AvgIpc) is 2.51. The SMILES string of the molecule is N[C@@H](CO)CN1CCC[C@@H]1CO. The van der Waals surface area contributed by atoms with Gasteiger partial charge < -0.3 is 15.9 Å². The lowest BCUT2D eigenvalue weighted by Crippen LogP contribution is -2.43. The van der Waals surface area contributed by atoms with Gasteiger partial charge in [-0.15, -0.1) is 0 Å². The first-order chi connectivity index (χ1) is 5.77. The number of hydrogen-bond acceptors (Lipinski definition) is 4. The minimum Gasteiger partial charge on any atom is -0.395 e. The summed E-state index contributed by atoms with van der Waals surface area (Å²) >= 11 is 0. The van der Waals surface area contributed by atoms with Crippen molar-refractivity contribution in [2.24, 2.45) is 5.73 Å². The highest BCUT2D eigenvalue weighted by Gasteiger charge is 2.24. The minimum atomic E-state index is -0.169. The molecule has 4 nitrogen and oxygen atoms in total. The van der Waals surface area contributed by atoms with Gasteiger partial charge in [0.15, 0.2) is 0 Å². The van der Waals surface area contributed by atoms with Gasteiger partial charge in [0.2, 0.25) is 0 Å². The molecule has 0 aliphatic carbocycles. The Morgan fingerprint density at radius 1 is 1.50 bits per heavy atom. The Kier molecular flexibility index (Phi) is 3.94. The molecule has 12 heavy (non-hydrogen) atoms. The quantitative estimate of drug-likeness (QED) is 0.499. The normalized spacial score (nSPS) is 27.8. The van der Waals surface area contributed by atoms with E-state index in [0.29, 0.717) is 6.54 Å². The summed E-state index contributed by atoms with van der Waals surface area (Å²) in [5.74, 6) is 0. The lowest BCUT2D eigenvalue weighted by Gasteiger charge is -2.24. The number of nitrogens with two attached hydrogens (primary N) is 1. The molecule has 0 aromatic heterocycles. The van der Waals surface area contributed by atoms with Crippen LogP contribution in [-0.2, 0) is 0 Å². The van der Waals surface area contributed by atoms with Crippen LogP contribution in [0.15, 0.2) is 0 Å². The van der Waals surface area contributed by atoms with E-state index in [1.807, 2.05) is 0 Å². The molecule has 0 saturated carbocycles. The lowest BCUT2D eigenvalue weighted by atomic mass is 10.2. The van der Waals surface area contributed by atoms with Crippen molar-refractivity contribution in [2.75, 3.05) is 26.3 Å². The molecule has 1 aliphatic rings. The maximum atomic E-state index is 8.98. The van der Waals surface area contributed by atoms with Crippen LogP contribution < -0.4 is 5.73 Å². The van der Waals surface area contributed by atoms with E-state index >= 15 is 0 Å². The van der Waals surface area contributed by atoms with Crippen molar-refractivity contribution in [3.05, 3.63) is 0 Å². The zero-order valence-electron chi connectivity index (χ0n) is 7.32. The van der Waals surface area contributed by atoms with Crippen LogP contribution in [0.2, 0.25) is 0 Å². The van der Waals surface area contributed by atoms with Crippen LogP contribution in [0, 0.1) is 0 Å². The third-order valence-electron chi connectivity index (χ3n) is 2.41. The van der Waals surface area contributed by atoms with Crippen molar-refractivity contribution >= 4 is 0 Å². The standard InChI is InChI=1S/C8H18N2O2/c9-7(5-11)4-10-3-1-2-8(10)6-12/h7-8,11-12H,1-6,9H2/t7-,8-/m1/s1. The molecule has 0 amide bonds. The summed E-state index contributed by atoms with van der Waals surface area (Å²) in [4.78, 5) is 2.15. The summed E-state index contributed by atoms with van der Waals surface area (Å²) in [6.45, 7) is 1.92. The van der Waals surface area contributed by atoms with Gasteiger partial charge in [0, 0.05) is 18.6 Å². The Bertz CT molecular complexity index is 132. The summed E-state index contributed by atoms with van der Waals surface area (Å²) in [6, 6.07) is 0.0970. The zero-order valence-corrected chi connectivity index (χ0v) is 7.32.